The second-order valence-corrected chi connectivity index (χ2v) is 9.48. The van der Waals surface area contributed by atoms with Crippen LogP contribution in [0.15, 0.2) is 24.3 Å². The van der Waals surface area contributed by atoms with E-state index in [1.54, 1.807) is 6.92 Å². The van der Waals surface area contributed by atoms with Crippen molar-refractivity contribution in [3.05, 3.63) is 46.9 Å². The highest BCUT2D eigenvalue weighted by Crippen LogP contribution is 2.37. The number of primary amides is 1. The van der Waals surface area contributed by atoms with E-state index in [-0.39, 0.29) is 17.5 Å². The van der Waals surface area contributed by atoms with Crippen LogP contribution >= 0.6 is 0 Å². The molecule has 0 atom stereocenters. The van der Waals surface area contributed by atoms with Crippen molar-refractivity contribution >= 4 is 17.8 Å². The van der Waals surface area contributed by atoms with Gasteiger partial charge in [-0.2, -0.15) is 0 Å². The number of hydrogen-bond acceptors (Lipinski definition) is 5. The molecular formula is C25H32N4O4. The van der Waals surface area contributed by atoms with Gasteiger partial charge in [0.2, 0.25) is 5.91 Å². The smallest absolute Gasteiger partial charge is 0.328 e. The molecule has 176 valence electrons. The summed E-state index contributed by atoms with van der Waals surface area (Å²) in [6.45, 7) is 6.57. The Kier molecular flexibility index (Phi) is 7.15. The molecule has 33 heavy (non-hydrogen) atoms. The quantitative estimate of drug-likeness (QED) is 0.588. The maximum absolute atomic E-state index is 12.3. The lowest BCUT2D eigenvalue weighted by molar-refractivity contribution is -0.146. The molecule has 1 aromatic heterocycles. The van der Waals surface area contributed by atoms with Crippen LogP contribution in [0.1, 0.15) is 79.3 Å². The molecule has 0 spiro atoms. The van der Waals surface area contributed by atoms with Gasteiger partial charge in [0.15, 0.2) is 0 Å². The van der Waals surface area contributed by atoms with Crippen LogP contribution in [0, 0.1) is 19.8 Å². The molecule has 1 saturated carbocycles. The van der Waals surface area contributed by atoms with Crippen LogP contribution < -0.4 is 11.1 Å². The average Bonchev–Trinajstić information content (AvgIpc) is 2.74. The van der Waals surface area contributed by atoms with Crippen LogP contribution in [0.25, 0.3) is 11.3 Å². The minimum atomic E-state index is -1.26. The van der Waals surface area contributed by atoms with Gasteiger partial charge in [-0.15, -0.1) is 0 Å². The second kappa shape index (κ2) is 9.68. The third kappa shape index (κ3) is 5.74. The van der Waals surface area contributed by atoms with Crippen molar-refractivity contribution in [1.82, 2.24) is 15.3 Å². The van der Waals surface area contributed by atoms with Crippen LogP contribution in [-0.2, 0) is 9.59 Å². The summed E-state index contributed by atoms with van der Waals surface area (Å²) in [5, 5.41) is 11.8. The summed E-state index contributed by atoms with van der Waals surface area (Å²) < 4.78 is 0. The molecule has 8 heteroatoms. The number of carboxylic acids is 1. The molecular weight excluding hydrogens is 420 g/mol. The topological polar surface area (TPSA) is 135 Å². The molecule has 2 amide bonds. The van der Waals surface area contributed by atoms with Gasteiger partial charge < -0.3 is 16.2 Å². The number of rotatable bonds is 7. The zero-order chi connectivity index (χ0) is 24.3. The van der Waals surface area contributed by atoms with Crippen molar-refractivity contribution in [2.45, 2.75) is 71.3 Å². The van der Waals surface area contributed by atoms with Crippen molar-refractivity contribution in [3.63, 3.8) is 0 Å². The van der Waals surface area contributed by atoms with E-state index in [9.17, 15) is 19.5 Å². The Hall–Kier alpha value is -3.29. The molecule has 0 unspecified atom stereocenters. The zero-order valence-corrected chi connectivity index (χ0v) is 19.6. The fourth-order valence-electron chi connectivity index (χ4n) is 4.47. The van der Waals surface area contributed by atoms with Gasteiger partial charge in [0, 0.05) is 12.0 Å². The summed E-state index contributed by atoms with van der Waals surface area (Å²) in [5.74, 6) is -1.15. The van der Waals surface area contributed by atoms with Gasteiger partial charge >= 0.3 is 5.97 Å². The lowest BCUT2D eigenvalue weighted by Gasteiger charge is -2.29. The Bertz CT molecular complexity index is 1050. The maximum atomic E-state index is 12.3. The van der Waals surface area contributed by atoms with Crippen molar-refractivity contribution in [1.29, 1.82) is 0 Å². The number of benzene rings is 1. The molecule has 1 heterocycles. The molecule has 0 radical (unpaired) electrons. The summed E-state index contributed by atoms with van der Waals surface area (Å²) in [6, 6.07) is 8.18. The molecule has 0 bridgehead atoms. The van der Waals surface area contributed by atoms with Crippen LogP contribution in [-0.4, -0.2) is 38.4 Å². The van der Waals surface area contributed by atoms with Gasteiger partial charge in [-0.05, 0) is 70.8 Å². The molecule has 8 nitrogen and oxygen atoms in total. The molecule has 2 aromatic rings. The van der Waals surface area contributed by atoms with E-state index >= 15 is 0 Å². The Labute approximate surface area is 194 Å². The van der Waals surface area contributed by atoms with Gasteiger partial charge in [-0.1, -0.05) is 24.3 Å². The van der Waals surface area contributed by atoms with Gasteiger partial charge in [-0.3, -0.25) is 14.6 Å². The minimum Gasteiger partial charge on any atom is -0.480 e. The highest BCUT2D eigenvalue weighted by molar-refractivity contribution is 5.92. The summed E-state index contributed by atoms with van der Waals surface area (Å²) in [4.78, 5) is 44.0. The van der Waals surface area contributed by atoms with Crippen molar-refractivity contribution in [2.24, 2.45) is 11.7 Å². The monoisotopic (exact) mass is 452 g/mol. The standard InChI is InChI=1S/C25H32N4O4/c1-14-21(28-22(23(26)31)15(2)27-14)19-11-9-18(10-12-19)17-7-5-16(6-8-17)13-20(30)29-25(3,4)24(32)33/h9-12,16-17H,5-8,13H2,1-4H3,(H2,26,31)(H,29,30)(H,32,33). The first kappa shape index (κ1) is 24.4. The van der Waals surface area contributed by atoms with Crippen LogP contribution in [0.5, 0.6) is 0 Å². The van der Waals surface area contributed by atoms with Gasteiger partial charge in [0.25, 0.3) is 5.91 Å². The van der Waals surface area contributed by atoms with Crippen molar-refractivity contribution in [3.8, 4) is 11.3 Å². The molecule has 1 aliphatic rings. The fraction of sp³-hybridized carbons (Fsp3) is 0.480. The Morgan fingerprint density at radius 3 is 2.18 bits per heavy atom. The number of aryl methyl sites for hydroxylation is 2. The number of carbonyl (C=O) groups excluding carboxylic acids is 2. The van der Waals surface area contributed by atoms with Crippen LogP contribution in [0.2, 0.25) is 0 Å². The number of nitrogens with zero attached hydrogens (tertiary/aromatic N) is 2. The van der Waals surface area contributed by atoms with Crippen LogP contribution in [0.3, 0.4) is 0 Å². The molecule has 4 N–H and O–H groups in total. The number of hydrogen-bond donors (Lipinski definition) is 3. The summed E-state index contributed by atoms with van der Waals surface area (Å²) in [6.07, 6.45) is 4.18. The number of nitrogens with one attached hydrogen (secondary N) is 1. The first-order valence-corrected chi connectivity index (χ1v) is 11.3. The Morgan fingerprint density at radius 2 is 1.64 bits per heavy atom. The van der Waals surface area contributed by atoms with E-state index in [2.05, 4.69) is 27.4 Å². The highest BCUT2D eigenvalue weighted by atomic mass is 16.4. The normalized spacial score (nSPS) is 18.5. The summed E-state index contributed by atoms with van der Waals surface area (Å²) in [5.41, 5.74) is 8.41. The van der Waals surface area contributed by atoms with Crippen molar-refractivity contribution in [2.75, 3.05) is 0 Å². The van der Waals surface area contributed by atoms with E-state index < -0.39 is 17.4 Å². The Morgan fingerprint density at radius 1 is 1.03 bits per heavy atom. The maximum Gasteiger partial charge on any atom is 0.328 e. The van der Waals surface area contributed by atoms with Gasteiger partial charge in [0.1, 0.15) is 11.2 Å². The number of nitrogens with two attached hydrogens (primary N) is 1. The van der Waals surface area contributed by atoms with Gasteiger partial charge in [0.05, 0.1) is 17.1 Å². The number of carbonyl (C=O) groups is 3. The number of aliphatic carboxylic acids is 1. The summed E-state index contributed by atoms with van der Waals surface area (Å²) >= 11 is 0. The molecule has 0 saturated heterocycles. The second-order valence-electron chi connectivity index (χ2n) is 9.48. The van der Waals surface area contributed by atoms with E-state index in [1.807, 2.05) is 19.1 Å². The number of aromatic nitrogens is 2. The first-order chi connectivity index (χ1) is 15.5. The summed E-state index contributed by atoms with van der Waals surface area (Å²) in [7, 11) is 0. The molecule has 1 fully saturated rings. The molecule has 3 rings (SSSR count). The number of carboxylic acid groups (broad SMARTS) is 1. The van der Waals surface area contributed by atoms with E-state index in [0.29, 0.717) is 23.7 Å². The lowest BCUT2D eigenvalue weighted by atomic mass is 9.77. The molecule has 1 aliphatic carbocycles. The SMILES string of the molecule is Cc1nc(C)c(-c2ccc(C3CCC(CC(=O)NC(C)(C)C(=O)O)CC3)cc2)nc1C(N)=O. The predicted octanol–water partition coefficient (Wildman–Crippen LogP) is 3.50. The first-order valence-electron chi connectivity index (χ1n) is 11.3. The van der Waals surface area contributed by atoms with E-state index in [1.165, 1.54) is 19.4 Å². The largest absolute Gasteiger partial charge is 0.480 e. The molecule has 0 aliphatic heterocycles. The third-order valence-electron chi connectivity index (χ3n) is 6.44. The van der Waals surface area contributed by atoms with Crippen molar-refractivity contribution < 1.29 is 19.5 Å². The predicted molar refractivity (Wildman–Crippen MR) is 125 cm³/mol. The van der Waals surface area contributed by atoms with Gasteiger partial charge in [-0.25, -0.2) is 9.78 Å². The average molecular weight is 453 g/mol. The minimum absolute atomic E-state index is 0.189. The number of amides is 2. The molecule has 1 aromatic carbocycles. The third-order valence-corrected chi connectivity index (χ3v) is 6.44. The van der Waals surface area contributed by atoms with Crippen LogP contribution in [0.4, 0.5) is 0 Å². The lowest BCUT2D eigenvalue weighted by Crippen LogP contribution is -2.50. The highest BCUT2D eigenvalue weighted by Gasteiger charge is 2.31. The Balaban J connectivity index is 1.61. The fourth-order valence-corrected chi connectivity index (χ4v) is 4.47. The van der Waals surface area contributed by atoms with E-state index in [0.717, 1.165) is 36.9 Å². The van der Waals surface area contributed by atoms with E-state index in [4.69, 9.17) is 5.73 Å². The zero-order valence-electron chi connectivity index (χ0n) is 19.6.